The molecule has 0 spiro atoms. The van der Waals surface area contributed by atoms with Crippen LogP contribution < -0.4 is 5.73 Å². The molecule has 0 aromatic heterocycles. The van der Waals surface area contributed by atoms with Gasteiger partial charge in [0.05, 0.1) is 6.10 Å². The number of halogens is 1. The zero-order chi connectivity index (χ0) is 8.10. The highest BCUT2D eigenvalue weighted by molar-refractivity contribution is 5.85. The normalized spacial score (nSPS) is 29.5. The summed E-state index contributed by atoms with van der Waals surface area (Å²) in [5.41, 5.74) is 5.51. The van der Waals surface area contributed by atoms with Crippen LogP contribution in [0.1, 0.15) is 32.1 Å². The van der Waals surface area contributed by atoms with Crippen molar-refractivity contribution in [1.29, 1.82) is 0 Å². The van der Waals surface area contributed by atoms with Gasteiger partial charge in [0, 0.05) is 7.11 Å². The summed E-state index contributed by atoms with van der Waals surface area (Å²) in [5, 5.41) is 0. The lowest BCUT2D eigenvalue weighted by Crippen LogP contribution is -2.23. The van der Waals surface area contributed by atoms with E-state index in [1.165, 1.54) is 32.1 Å². The average Bonchev–Trinajstić information content (AvgIpc) is 2.06. The summed E-state index contributed by atoms with van der Waals surface area (Å²) in [6, 6.07) is 0. The molecule has 0 amide bonds. The van der Waals surface area contributed by atoms with Gasteiger partial charge in [-0.1, -0.05) is 12.8 Å². The molecule has 0 bridgehead atoms. The van der Waals surface area contributed by atoms with Crippen molar-refractivity contribution in [2.45, 2.75) is 38.2 Å². The fourth-order valence-corrected chi connectivity index (χ4v) is 1.95. The molecule has 2 N–H and O–H groups in total. The van der Waals surface area contributed by atoms with Crippen molar-refractivity contribution in [2.75, 3.05) is 13.7 Å². The number of hydrogen-bond donors (Lipinski definition) is 1. The van der Waals surface area contributed by atoms with Crippen LogP contribution >= 0.6 is 12.4 Å². The molecular weight excluding hydrogens is 174 g/mol. The zero-order valence-electron chi connectivity index (χ0n) is 7.79. The van der Waals surface area contributed by atoms with Gasteiger partial charge >= 0.3 is 0 Å². The van der Waals surface area contributed by atoms with Crippen molar-refractivity contribution in [3.05, 3.63) is 0 Å². The average molecular weight is 194 g/mol. The van der Waals surface area contributed by atoms with Gasteiger partial charge in [-0.2, -0.15) is 0 Å². The maximum absolute atomic E-state index is 5.51. The maximum Gasteiger partial charge on any atom is 0.0574 e. The monoisotopic (exact) mass is 193 g/mol. The molecule has 1 saturated carbocycles. The Labute approximate surface area is 81.3 Å². The lowest BCUT2D eigenvalue weighted by Gasteiger charge is -2.27. The van der Waals surface area contributed by atoms with E-state index >= 15 is 0 Å². The number of ether oxygens (including phenoxy) is 1. The van der Waals surface area contributed by atoms with E-state index in [2.05, 4.69) is 0 Å². The molecule has 0 saturated heterocycles. The second-order valence-corrected chi connectivity index (χ2v) is 3.47. The third-order valence-electron chi connectivity index (χ3n) is 2.64. The molecular formula is C9H20ClNO. The summed E-state index contributed by atoms with van der Waals surface area (Å²) < 4.78 is 5.33. The summed E-state index contributed by atoms with van der Waals surface area (Å²) in [7, 11) is 1.81. The molecule has 0 aliphatic heterocycles. The summed E-state index contributed by atoms with van der Waals surface area (Å²) in [4.78, 5) is 0. The Hall–Kier alpha value is 0.210. The smallest absolute Gasteiger partial charge is 0.0574 e. The van der Waals surface area contributed by atoms with Crippen molar-refractivity contribution in [1.82, 2.24) is 0 Å². The lowest BCUT2D eigenvalue weighted by molar-refractivity contribution is 0.0495. The van der Waals surface area contributed by atoms with Gasteiger partial charge in [-0.25, -0.2) is 0 Å². The molecule has 1 aliphatic rings. The highest BCUT2D eigenvalue weighted by Crippen LogP contribution is 2.27. The highest BCUT2D eigenvalue weighted by atomic mass is 35.5. The number of methoxy groups -OCH3 is 1. The molecule has 2 nitrogen and oxygen atoms in total. The summed E-state index contributed by atoms with van der Waals surface area (Å²) in [6.07, 6.45) is 6.85. The molecule has 1 fully saturated rings. The zero-order valence-corrected chi connectivity index (χ0v) is 8.61. The van der Waals surface area contributed by atoms with Crippen LogP contribution in [0.15, 0.2) is 0 Å². The highest BCUT2D eigenvalue weighted by Gasteiger charge is 2.20. The minimum absolute atomic E-state index is 0. The van der Waals surface area contributed by atoms with Gasteiger partial charge < -0.3 is 10.5 Å². The molecule has 0 aromatic rings. The Balaban J connectivity index is 0.00000121. The van der Waals surface area contributed by atoms with Crippen molar-refractivity contribution in [3.8, 4) is 0 Å². The van der Waals surface area contributed by atoms with Gasteiger partial charge in [-0.15, -0.1) is 12.4 Å². The van der Waals surface area contributed by atoms with E-state index in [0.717, 1.165) is 12.5 Å². The molecule has 0 radical (unpaired) electrons. The summed E-state index contributed by atoms with van der Waals surface area (Å²) in [5.74, 6) is 0.832. The van der Waals surface area contributed by atoms with Crippen molar-refractivity contribution in [3.63, 3.8) is 0 Å². The van der Waals surface area contributed by atoms with Crippen LogP contribution in [0.2, 0.25) is 0 Å². The van der Waals surface area contributed by atoms with E-state index in [9.17, 15) is 0 Å². The number of rotatable bonds is 3. The maximum atomic E-state index is 5.51. The minimum atomic E-state index is 0. The molecule has 12 heavy (non-hydrogen) atoms. The first-order valence-corrected chi connectivity index (χ1v) is 4.59. The van der Waals surface area contributed by atoms with E-state index < -0.39 is 0 Å². The van der Waals surface area contributed by atoms with Crippen LogP contribution in [-0.2, 0) is 4.74 Å². The van der Waals surface area contributed by atoms with E-state index in [1.54, 1.807) is 0 Å². The van der Waals surface area contributed by atoms with Gasteiger partial charge in [0.1, 0.15) is 0 Å². The van der Waals surface area contributed by atoms with E-state index in [1.807, 2.05) is 7.11 Å². The van der Waals surface area contributed by atoms with E-state index in [-0.39, 0.29) is 12.4 Å². The largest absolute Gasteiger partial charge is 0.381 e. The number of nitrogens with two attached hydrogens (primary N) is 1. The van der Waals surface area contributed by atoms with Crippen molar-refractivity contribution >= 4 is 12.4 Å². The van der Waals surface area contributed by atoms with Crippen molar-refractivity contribution < 1.29 is 4.74 Å². The Morgan fingerprint density at radius 1 is 1.42 bits per heavy atom. The predicted molar refractivity (Wildman–Crippen MR) is 53.7 cm³/mol. The lowest BCUT2D eigenvalue weighted by atomic mass is 9.85. The SMILES string of the molecule is COC1CCCC(CCN)C1.Cl. The topological polar surface area (TPSA) is 35.2 Å². The van der Waals surface area contributed by atoms with Gasteiger partial charge in [-0.3, -0.25) is 0 Å². The van der Waals surface area contributed by atoms with Crippen LogP contribution in [0.3, 0.4) is 0 Å². The Bertz CT molecular complexity index is 109. The van der Waals surface area contributed by atoms with Crippen LogP contribution in [0.25, 0.3) is 0 Å². The Morgan fingerprint density at radius 3 is 2.75 bits per heavy atom. The third-order valence-corrected chi connectivity index (χ3v) is 2.64. The summed E-state index contributed by atoms with van der Waals surface area (Å²) >= 11 is 0. The van der Waals surface area contributed by atoms with E-state index in [4.69, 9.17) is 10.5 Å². The van der Waals surface area contributed by atoms with Gasteiger partial charge in [0.25, 0.3) is 0 Å². The van der Waals surface area contributed by atoms with E-state index in [0.29, 0.717) is 6.10 Å². The fourth-order valence-electron chi connectivity index (χ4n) is 1.95. The molecule has 3 heteroatoms. The van der Waals surface area contributed by atoms with Gasteiger partial charge in [0.15, 0.2) is 0 Å². The van der Waals surface area contributed by atoms with Crippen LogP contribution in [0.5, 0.6) is 0 Å². The predicted octanol–water partition coefficient (Wildman–Crippen LogP) is 1.96. The fraction of sp³-hybridized carbons (Fsp3) is 1.00. The Morgan fingerprint density at radius 2 is 2.17 bits per heavy atom. The minimum Gasteiger partial charge on any atom is -0.381 e. The van der Waals surface area contributed by atoms with Crippen LogP contribution in [-0.4, -0.2) is 19.8 Å². The quantitative estimate of drug-likeness (QED) is 0.744. The van der Waals surface area contributed by atoms with Crippen LogP contribution in [0, 0.1) is 5.92 Å². The number of hydrogen-bond acceptors (Lipinski definition) is 2. The van der Waals surface area contributed by atoms with Crippen LogP contribution in [0.4, 0.5) is 0 Å². The molecule has 0 aromatic carbocycles. The molecule has 2 unspecified atom stereocenters. The molecule has 1 rings (SSSR count). The van der Waals surface area contributed by atoms with Crippen molar-refractivity contribution in [2.24, 2.45) is 11.7 Å². The molecule has 2 atom stereocenters. The molecule has 74 valence electrons. The third kappa shape index (κ3) is 3.74. The Kier molecular flexibility index (Phi) is 6.81. The second-order valence-electron chi connectivity index (χ2n) is 3.47. The second kappa shape index (κ2) is 6.70. The van der Waals surface area contributed by atoms with Gasteiger partial charge in [0.2, 0.25) is 0 Å². The van der Waals surface area contributed by atoms with Gasteiger partial charge in [-0.05, 0) is 31.7 Å². The molecule has 0 heterocycles. The first-order chi connectivity index (χ1) is 5.36. The first kappa shape index (κ1) is 12.2. The first-order valence-electron chi connectivity index (χ1n) is 4.59. The molecule has 1 aliphatic carbocycles. The standard InChI is InChI=1S/C9H19NO.ClH/c1-11-9-4-2-3-8(7-9)5-6-10;/h8-9H,2-7,10H2,1H3;1H. The summed E-state index contributed by atoms with van der Waals surface area (Å²) in [6.45, 7) is 0.834.